The highest BCUT2D eigenvalue weighted by atomic mass is 16.5. The maximum Gasteiger partial charge on any atom is 0.189 e. The molecule has 0 aromatic heterocycles. The monoisotopic (exact) mass is 338 g/mol. The van der Waals surface area contributed by atoms with Gasteiger partial charge in [-0.1, -0.05) is 6.07 Å². The van der Waals surface area contributed by atoms with Gasteiger partial charge in [-0.2, -0.15) is 0 Å². The summed E-state index contributed by atoms with van der Waals surface area (Å²) in [5.74, 6) is 2.08. The number of ether oxygens (including phenoxy) is 3. The molecule has 1 aliphatic carbocycles. The van der Waals surface area contributed by atoms with E-state index in [1.807, 2.05) is 32.1 Å². The molecule has 25 heavy (non-hydrogen) atoms. The van der Waals surface area contributed by atoms with E-state index in [1.54, 1.807) is 27.4 Å². The number of Topliss-reactive ketones (excluding diaryl/α,β-unsaturated/α-hetero) is 1. The van der Waals surface area contributed by atoms with Crippen molar-refractivity contribution in [2.75, 3.05) is 21.3 Å². The molecule has 0 heterocycles. The number of rotatable bonds is 4. The first-order chi connectivity index (χ1) is 12.0. The van der Waals surface area contributed by atoms with E-state index < -0.39 is 0 Å². The molecule has 0 N–H and O–H groups in total. The smallest absolute Gasteiger partial charge is 0.189 e. The zero-order valence-electron chi connectivity index (χ0n) is 15.2. The van der Waals surface area contributed by atoms with Gasteiger partial charge in [0, 0.05) is 17.6 Å². The molecule has 0 saturated carbocycles. The van der Waals surface area contributed by atoms with Crippen LogP contribution in [0.15, 0.2) is 29.8 Å². The van der Waals surface area contributed by atoms with Crippen LogP contribution in [0.5, 0.6) is 17.2 Å². The van der Waals surface area contributed by atoms with Crippen molar-refractivity contribution in [1.82, 2.24) is 0 Å². The molecule has 3 rings (SSSR count). The maximum absolute atomic E-state index is 12.8. The Morgan fingerprint density at radius 1 is 0.880 bits per heavy atom. The van der Waals surface area contributed by atoms with Crippen molar-refractivity contribution in [3.8, 4) is 17.2 Å². The van der Waals surface area contributed by atoms with Gasteiger partial charge in [-0.3, -0.25) is 4.79 Å². The van der Waals surface area contributed by atoms with Gasteiger partial charge in [0.05, 0.1) is 21.3 Å². The molecular weight excluding hydrogens is 316 g/mol. The summed E-state index contributed by atoms with van der Waals surface area (Å²) in [6, 6.07) is 7.68. The first-order valence-corrected chi connectivity index (χ1v) is 8.14. The molecule has 0 amide bonds. The third-order valence-electron chi connectivity index (χ3n) is 4.73. The van der Waals surface area contributed by atoms with Gasteiger partial charge in [0.25, 0.3) is 0 Å². The van der Waals surface area contributed by atoms with Crippen LogP contribution >= 0.6 is 0 Å². The molecule has 0 atom stereocenters. The van der Waals surface area contributed by atoms with E-state index in [-0.39, 0.29) is 5.78 Å². The summed E-state index contributed by atoms with van der Waals surface area (Å²) < 4.78 is 16.1. The van der Waals surface area contributed by atoms with Crippen molar-refractivity contribution >= 4 is 11.9 Å². The Bertz CT molecular complexity index is 878. The highest BCUT2D eigenvalue weighted by Crippen LogP contribution is 2.37. The van der Waals surface area contributed by atoms with Crippen molar-refractivity contribution in [3.63, 3.8) is 0 Å². The Morgan fingerprint density at radius 3 is 2.16 bits per heavy atom. The predicted molar refractivity (Wildman–Crippen MR) is 98.0 cm³/mol. The lowest BCUT2D eigenvalue weighted by Crippen LogP contribution is -1.98. The highest BCUT2D eigenvalue weighted by molar-refractivity contribution is 6.16. The molecule has 0 unspecified atom stereocenters. The molecule has 0 radical (unpaired) electrons. The van der Waals surface area contributed by atoms with Crippen LogP contribution in [0.2, 0.25) is 0 Å². The number of hydrogen-bond donors (Lipinski definition) is 0. The van der Waals surface area contributed by atoms with Crippen molar-refractivity contribution in [1.29, 1.82) is 0 Å². The van der Waals surface area contributed by atoms with Crippen LogP contribution in [0.25, 0.3) is 6.08 Å². The molecule has 0 bridgehead atoms. The number of fused-ring (bicyclic) bond motifs is 1. The fourth-order valence-electron chi connectivity index (χ4n) is 3.20. The second kappa shape index (κ2) is 6.63. The number of carbonyl (C=O) groups excluding carboxylic acids is 1. The summed E-state index contributed by atoms with van der Waals surface area (Å²) in [5, 5.41) is 0. The van der Waals surface area contributed by atoms with E-state index in [4.69, 9.17) is 14.2 Å². The van der Waals surface area contributed by atoms with Crippen LogP contribution in [0.1, 0.15) is 32.6 Å². The van der Waals surface area contributed by atoms with Crippen molar-refractivity contribution in [2.45, 2.75) is 20.3 Å². The molecule has 2 aromatic rings. The zero-order valence-corrected chi connectivity index (χ0v) is 15.2. The van der Waals surface area contributed by atoms with Gasteiger partial charge in [-0.05, 0) is 60.4 Å². The summed E-state index contributed by atoms with van der Waals surface area (Å²) in [4.78, 5) is 12.8. The summed E-state index contributed by atoms with van der Waals surface area (Å²) in [6.07, 6.45) is 2.53. The molecule has 0 aliphatic heterocycles. The normalized spacial score (nSPS) is 14.6. The third-order valence-corrected chi connectivity index (χ3v) is 4.73. The quantitative estimate of drug-likeness (QED) is 0.786. The first-order valence-electron chi connectivity index (χ1n) is 8.14. The van der Waals surface area contributed by atoms with Gasteiger partial charge in [-0.15, -0.1) is 0 Å². The van der Waals surface area contributed by atoms with E-state index in [0.717, 1.165) is 33.6 Å². The summed E-state index contributed by atoms with van der Waals surface area (Å²) in [5.41, 5.74) is 5.62. The molecule has 4 nitrogen and oxygen atoms in total. The van der Waals surface area contributed by atoms with Crippen LogP contribution in [-0.4, -0.2) is 27.1 Å². The minimum absolute atomic E-state index is 0.0353. The average molecular weight is 338 g/mol. The molecule has 1 aliphatic rings. The minimum atomic E-state index is 0.0353. The molecule has 0 fully saturated rings. The van der Waals surface area contributed by atoms with E-state index in [1.165, 1.54) is 0 Å². The van der Waals surface area contributed by atoms with E-state index in [9.17, 15) is 4.79 Å². The maximum atomic E-state index is 12.8. The Morgan fingerprint density at radius 2 is 1.52 bits per heavy atom. The molecule has 130 valence electrons. The van der Waals surface area contributed by atoms with E-state index in [0.29, 0.717) is 23.5 Å². The lowest BCUT2D eigenvalue weighted by Gasteiger charge is -2.09. The Labute approximate surface area is 148 Å². The second-order valence-corrected chi connectivity index (χ2v) is 6.20. The standard InChI is InChI=1S/C21H22O4/c1-12-6-14(8-18(23-3)13(12)2)7-16-9-15-10-19(24-4)20(25-5)11-17(15)21(16)22/h6-8,10-11H,9H2,1-5H3/b16-7+. The van der Waals surface area contributed by atoms with Crippen molar-refractivity contribution < 1.29 is 19.0 Å². The highest BCUT2D eigenvalue weighted by Gasteiger charge is 2.27. The average Bonchev–Trinajstić information content (AvgIpc) is 2.91. The van der Waals surface area contributed by atoms with Crippen LogP contribution in [0, 0.1) is 13.8 Å². The summed E-state index contributed by atoms with van der Waals surface area (Å²) in [7, 11) is 4.83. The first kappa shape index (κ1) is 17.1. The Hall–Kier alpha value is -2.75. The number of allylic oxidation sites excluding steroid dienone is 1. The molecule has 2 aromatic carbocycles. The SMILES string of the molecule is COc1cc2c(cc1OC)C(=O)/C(=C/c1cc(C)c(C)c(OC)c1)C2. The van der Waals surface area contributed by atoms with Gasteiger partial charge in [0.15, 0.2) is 17.3 Å². The number of benzene rings is 2. The van der Waals surface area contributed by atoms with Gasteiger partial charge < -0.3 is 14.2 Å². The molecule has 0 saturated heterocycles. The van der Waals surface area contributed by atoms with Gasteiger partial charge in [0.1, 0.15) is 5.75 Å². The lowest BCUT2D eigenvalue weighted by atomic mass is 10.0. The van der Waals surface area contributed by atoms with Crippen LogP contribution in [0.4, 0.5) is 0 Å². The van der Waals surface area contributed by atoms with E-state index in [2.05, 4.69) is 6.07 Å². The predicted octanol–water partition coefficient (Wildman–Crippen LogP) is 4.15. The number of ketones is 1. The number of methoxy groups -OCH3 is 3. The third kappa shape index (κ3) is 3.00. The minimum Gasteiger partial charge on any atom is -0.496 e. The fourth-order valence-corrected chi connectivity index (χ4v) is 3.20. The molecule has 4 heteroatoms. The van der Waals surface area contributed by atoms with Crippen LogP contribution in [-0.2, 0) is 6.42 Å². The summed E-state index contributed by atoms with van der Waals surface area (Å²) >= 11 is 0. The number of hydrogen-bond acceptors (Lipinski definition) is 4. The van der Waals surface area contributed by atoms with Crippen molar-refractivity contribution in [3.05, 3.63) is 57.7 Å². The topological polar surface area (TPSA) is 44.8 Å². The Balaban J connectivity index is 2.02. The van der Waals surface area contributed by atoms with Crippen molar-refractivity contribution in [2.24, 2.45) is 0 Å². The van der Waals surface area contributed by atoms with Gasteiger partial charge >= 0.3 is 0 Å². The van der Waals surface area contributed by atoms with Crippen LogP contribution in [0.3, 0.4) is 0 Å². The van der Waals surface area contributed by atoms with Gasteiger partial charge in [-0.25, -0.2) is 0 Å². The lowest BCUT2D eigenvalue weighted by molar-refractivity contribution is 0.104. The zero-order chi connectivity index (χ0) is 18.1. The van der Waals surface area contributed by atoms with E-state index >= 15 is 0 Å². The fraction of sp³-hybridized carbons (Fsp3) is 0.286. The van der Waals surface area contributed by atoms with Gasteiger partial charge in [0.2, 0.25) is 0 Å². The van der Waals surface area contributed by atoms with Crippen LogP contribution < -0.4 is 14.2 Å². The Kier molecular flexibility index (Phi) is 4.53. The second-order valence-electron chi connectivity index (χ2n) is 6.20. The number of carbonyl (C=O) groups is 1. The largest absolute Gasteiger partial charge is 0.496 e. The molecule has 0 spiro atoms. The molecular formula is C21H22O4. The summed E-state index contributed by atoms with van der Waals surface area (Å²) in [6.45, 7) is 4.07. The number of aryl methyl sites for hydroxylation is 1.